The minimum Gasteiger partial charge on any atom is -0.229 e. The lowest BCUT2D eigenvalue weighted by Gasteiger charge is -2.05. The van der Waals surface area contributed by atoms with Crippen molar-refractivity contribution in [1.82, 2.24) is 9.44 Å². The average Bonchev–Trinajstić information content (AvgIpc) is 1.96. The van der Waals surface area contributed by atoms with Gasteiger partial charge in [-0.05, 0) is 0 Å². The second kappa shape index (κ2) is 6.09. The van der Waals surface area contributed by atoms with E-state index in [4.69, 9.17) is 0 Å². The van der Waals surface area contributed by atoms with E-state index in [1.165, 1.54) is 0 Å². The van der Waals surface area contributed by atoms with E-state index in [1.54, 1.807) is 0 Å². The van der Waals surface area contributed by atoms with Crippen molar-refractivity contribution in [2.75, 3.05) is 37.1 Å². The standard InChI is InChI=1S/C6H16N2O6S3/c1-15(9,10)7-3-5-17(13,14)6-4-8-16(2,11)12/h7-8H,3-6H2,1-2H3. The van der Waals surface area contributed by atoms with Crippen molar-refractivity contribution in [3.63, 3.8) is 0 Å². The molecule has 0 bridgehead atoms. The Hall–Kier alpha value is -0.230. The van der Waals surface area contributed by atoms with Gasteiger partial charge in [-0.1, -0.05) is 0 Å². The topological polar surface area (TPSA) is 126 Å². The van der Waals surface area contributed by atoms with E-state index in [0.717, 1.165) is 12.5 Å². The molecule has 0 amide bonds. The molecule has 0 heterocycles. The van der Waals surface area contributed by atoms with Crippen LogP contribution in [0.2, 0.25) is 0 Å². The molecule has 0 spiro atoms. The number of sulfone groups is 1. The summed E-state index contributed by atoms with van der Waals surface area (Å²) >= 11 is 0. The van der Waals surface area contributed by atoms with Crippen molar-refractivity contribution in [3.8, 4) is 0 Å². The Kier molecular flexibility index (Phi) is 6.01. The van der Waals surface area contributed by atoms with Gasteiger partial charge in [0.2, 0.25) is 20.0 Å². The molecule has 17 heavy (non-hydrogen) atoms. The first kappa shape index (κ1) is 16.8. The number of nitrogens with one attached hydrogen (secondary N) is 2. The average molecular weight is 308 g/mol. The summed E-state index contributed by atoms with van der Waals surface area (Å²) in [5, 5.41) is 0. The Labute approximate surface area is 102 Å². The summed E-state index contributed by atoms with van der Waals surface area (Å²) < 4.78 is 69.4. The highest BCUT2D eigenvalue weighted by Gasteiger charge is 2.12. The summed E-state index contributed by atoms with van der Waals surface area (Å²) in [5.74, 6) is -0.739. The highest BCUT2D eigenvalue weighted by Crippen LogP contribution is 1.89. The highest BCUT2D eigenvalue weighted by molar-refractivity contribution is 7.91. The molecule has 11 heteroatoms. The van der Waals surface area contributed by atoms with E-state index >= 15 is 0 Å². The van der Waals surface area contributed by atoms with Crippen molar-refractivity contribution in [2.24, 2.45) is 0 Å². The van der Waals surface area contributed by atoms with E-state index in [2.05, 4.69) is 0 Å². The number of sulfonamides is 2. The normalized spacial score (nSPS) is 13.8. The van der Waals surface area contributed by atoms with E-state index in [1.807, 2.05) is 9.44 Å². The summed E-state index contributed by atoms with van der Waals surface area (Å²) in [5.41, 5.74) is 0. The Morgan fingerprint density at radius 3 is 1.24 bits per heavy atom. The van der Waals surface area contributed by atoms with Crippen LogP contribution >= 0.6 is 0 Å². The van der Waals surface area contributed by atoms with Crippen LogP contribution in [-0.4, -0.2) is 62.4 Å². The lowest BCUT2D eigenvalue weighted by Crippen LogP contribution is -2.32. The lowest BCUT2D eigenvalue weighted by atomic mass is 10.8. The second-order valence-corrected chi connectivity index (χ2v) is 9.45. The van der Waals surface area contributed by atoms with Gasteiger partial charge in [-0.2, -0.15) is 0 Å². The fraction of sp³-hybridized carbons (Fsp3) is 1.00. The van der Waals surface area contributed by atoms with Crippen molar-refractivity contribution in [3.05, 3.63) is 0 Å². The van der Waals surface area contributed by atoms with Crippen LogP contribution in [0.4, 0.5) is 0 Å². The molecular formula is C6H16N2O6S3. The van der Waals surface area contributed by atoms with Crippen LogP contribution in [0, 0.1) is 0 Å². The smallest absolute Gasteiger partial charge is 0.208 e. The molecular weight excluding hydrogens is 292 g/mol. The molecule has 0 radical (unpaired) electrons. The highest BCUT2D eigenvalue weighted by atomic mass is 32.2. The van der Waals surface area contributed by atoms with Gasteiger partial charge in [-0.15, -0.1) is 0 Å². The van der Waals surface area contributed by atoms with E-state index in [0.29, 0.717) is 0 Å². The summed E-state index contributed by atoms with van der Waals surface area (Å²) in [6.45, 7) is -0.444. The van der Waals surface area contributed by atoms with Crippen molar-refractivity contribution >= 4 is 29.9 Å². The minimum absolute atomic E-state index is 0.222. The summed E-state index contributed by atoms with van der Waals surface area (Å²) in [6.07, 6.45) is 1.84. The van der Waals surface area contributed by atoms with Crippen LogP contribution in [0.3, 0.4) is 0 Å². The Balaban J connectivity index is 4.06. The number of hydrogen-bond donors (Lipinski definition) is 2. The Morgan fingerprint density at radius 2 is 1.00 bits per heavy atom. The molecule has 0 saturated heterocycles. The maximum atomic E-state index is 11.3. The molecule has 0 aliphatic carbocycles. The molecule has 0 aliphatic heterocycles. The molecule has 0 atom stereocenters. The van der Waals surface area contributed by atoms with Gasteiger partial charge in [-0.3, -0.25) is 0 Å². The first-order valence-electron chi connectivity index (χ1n) is 4.51. The van der Waals surface area contributed by atoms with Gasteiger partial charge in [0.1, 0.15) is 0 Å². The van der Waals surface area contributed by atoms with Crippen LogP contribution in [0.15, 0.2) is 0 Å². The minimum atomic E-state index is -3.48. The second-order valence-electron chi connectivity index (χ2n) is 3.48. The molecule has 0 aromatic carbocycles. The molecule has 2 N–H and O–H groups in total. The molecule has 104 valence electrons. The predicted octanol–water partition coefficient (Wildman–Crippen LogP) is -2.50. The van der Waals surface area contributed by atoms with Crippen molar-refractivity contribution in [2.45, 2.75) is 0 Å². The van der Waals surface area contributed by atoms with E-state index < -0.39 is 29.9 Å². The zero-order valence-electron chi connectivity index (χ0n) is 9.50. The molecule has 0 saturated carbocycles. The first-order chi connectivity index (χ1) is 7.41. The monoisotopic (exact) mass is 308 g/mol. The molecule has 0 aromatic rings. The van der Waals surface area contributed by atoms with Gasteiger partial charge in [-0.25, -0.2) is 34.7 Å². The van der Waals surface area contributed by atoms with Gasteiger partial charge in [0.05, 0.1) is 24.0 Å². The van der Waals surface area contributed by atoms with Gasteiger partial charge >= 0.3 is 0 Å². The largest absolute Gasteiger partial charge is 0.229 e. The van der Waals surface area contributed by atoms with E-state index in [-0.39, 0.29) is 24.6 Å². The van der Waals surface area contributed by atoms with Crippen LogP contribution in [-0.2, 0) is 29.9 Å². The maximum absolute atomic E-state index is 11.3. The molecule has 0 fully saturated rings. The molecule has 0 aliphatic rings. The third-order valence-electron chi connectivity index (χ3n) is 1.55. The summed E-state index contributed by atoms with van der Waals surface area (Å²) in [4.78, 5) is 0. The van der Waals surface area contributed by atoms with E-state index in [9.17, 15) is 25.3 Å². The summed E-state index contributed by atoms with van der Waals surface area (Å²) in [7, 11) is -10.3. The zero-order chi connectivity index (χ0) is 13.7. The molecule has 8 nitrogen and oxygen atoms in total. The Morgan fingerprint density at radius 1 is 0.706 bits per heavy atom. The third-order valence-corrected chi connectivity index (χ3v) is 4.66. The fourth-order valence-electron chi connectivity index (χ4n) is 0.867. The number of rotatable bonds is 8. The Bertz CT molecular complexity index is 488. The quantitative estimate of drug-likeness (QED) is 0.510. The lowest BCUT2D eigenvalue weighted by molar-refractivity contribution is 0.584. The summed E-state index contributed by atoms with van der Waals surface area (Å²) in [6, 6.07) is 0. The van der Waals surface area contributed by atoms with Gasteiger partial charge in [0, 0.05) is 13.1 Å². The van der Waals surface area contributed by atoms with Crippen molar-refractivity contribution in [1.29, 1.82) is 0 Å². The van der Waals surface area contributed by atoms with Crippen LogP contribution in [0.25, 0.3) is 0 Å². The van der Waals surface area contributed by atoms with Gasteiger partial charge in [0.15, 0.2) is 9.84 Å². The molecule has 0 aromatic heterocycles. The maximum Gasteiger partial charge on any atom is 0.208 e. The number of hydrogen-bond acceptors (Lipinski definition) is 6. The third kappa shape index (κ3) is 12.0. The molecule has 0 rings (SSSR count). The zero-order valence-corrected chi connectivity index (χ0v) is 12.0. The SMILES string of the molecule is CS(=O)(=O)NCCS(=O)(=O)CCNS(C)(=O)=O. The van der Waals surface area contributed by atoms with Crippen LogP contribution < -0.4 is 9.44 Å². The van der Waals surface area contributed by atoms with Gasteiger partial charge in [0.25, 0.3) is 0 Å². The van der Waals surface area contributed by atoms with Gasteiger partial charge < -0.3 is 0 Å². The predicted molar refractivity (Wildman–Crippen MR) is 64.3 cm³/mol. The van der Waals surface area contributed by atoms with Crippen LogP contribution in [0.5, 0.6) is 0 Å². The molecule has 0 unspecified atom stereocenters. The van der Waals surface area contributed by atoms with Crippen molar-refractivity contribution < 1.29 is 25.3 Å². The first-order valence-corrected chi connectivity index (χ1v) is 10.1. The fourth-order valence-corrected chi connectivity index (χ4v) is 3.10. The van der Waals surface area contributed by atoms with Crippen LogP contribution in [0.1, 0.15) is 0 Å².